The van der Waals surface area contributed by atoms with Crippen molar-refractivity contribution in [1.82, 2.24) is 14.5 Å². The Labute approximate surface area is 157 Å². The number of rotatable bonds is 9. The van der Waals surface area contributed by atoms with E-state index in [0.29, 0.717) is 45.1 Å². The Morgan fingerprint density at radius 3 is 2.23 bits per heavy atom. The molecule has 26 heavy (non-hydrogen) atoms. The summed E-state index contributed by atoms with van der Waals surface area (Å²) in [5.41, 5.74) is 0. The first kappa shape index (κ1) is 23.1. The lowest BCUT2D eigenvalue weighted by atomic mass is 10.4. The van der Waals surface area contributed by atoms with E-state index in [1.807, 2.05) is 18.7 Å². The zero-order valence-electron chi connectivity index (χ0n) is 16.1. The summed E-state index contributed by atoms with van der Waals surface area (Å²) in [6, 6.07) is 0. The minimum absolute atomic E-state index is 0.0103. The summed E-state index contributed by atoms with van der Waals surface area (Å²) in [4.78, 5) is 6.18. The molecule has 0 amide bonds. The van der Waals surface area contributed by atoms with Crippen molar-refractivity contribution in [3.8, 4) is 0 Å². The van der Waals surface area contributed by atoms with Crippen LogP contribution in [0.1, 0.15) is 20.3 Å². The van der Waals surface area contributed by atoms with Crippen LogP contribution in [0.5, 0.6) is 0 Å². The van der Waals surface area contributed by atoms with Gasteiger partial charge in [0.15, 0.2) is 5.96 Å². The quantitative estimate of drug-likeness (QED) is 0.305. The standard InChI is InChI=1S/C15H32N4O5S2/c1-14(2)24-11-13-26(22,23)19-9-7-18(8-10-19)15(16-3)17-6-5-12-25(4,20)21/h14H,5-13H2,1-4H3,(H,16,17). The van der Waals surface area contributed by atoms with Crippen molar-refractivity contribution in [3.63, 3.8) is 0 Å². The SMILES string of the molecule is CN=C(NCCCS(C)(=O)=O)N1CCN(S(=O)(=O)CCOC(C)C)CC1. The molecule has 0 aromatic carbocycles. The van der Waals surface area contributed by atoms with E-state index in [1.54, 1.807) is 7.05 Å². The molecule has 1 heterocycles. The van der Waals surface area contributed by atoms with E-state index in [9.17, 15) is 16.8 Å². The molecule has 1 aliphatic heterocycles. The van der Waals surface area contributed by atoms with Crippen LogP contribution in [0.3, 0.4) is 0 Å². The highest BCUT2D eigenvalue weighted by Crippen LogP contribution is 2.09. The van der Waals surface area contributed by atoms with Gasteiger partial charge in [-0.15, -0.1) is 0 Å². The number of piperazine rings is 1. The van der Waals surface area contributed by atoms with Gasteiger partial charge in [-0.05, 0) is 20.3 Å². The number of sulfonamides is 1. The van der Waals surface area contributed by atoms with Gasteiger partial charge in [0.2, 0.25) is 10.0 Å². The van der Waals surface area contributed by atoms with Gasteiger partial charge in [0.05, 0.1) is 24.2 Å². The van der Waals surface area contributed by atoms with Gasteiger partial charge in [-0.3, -0.25) is 4.99 Å². The normalized spacial score (nSPS) is 17.7. The molecule has 1 aliphatic rings. The lowest BCUT2D eigenvalue weighted by molar-refractivity contribution is 0.0904. The molecule has 154 valence electrons. The van der Waals surface area contributed by atoms with Gasteiger partial charge in [-0.1, -0.05) is 0 Å². The molecule has 1 rings (SSSR count). The van der Waals surface area contributed by atoms with Crippen molar-refractivity contribution in [1.29, 1.82) is 0 Å². The van der Waals surface area contributed by atoms with Crippen molar-refractivity contribution in [3.05, 3.63) is 0 Å². The number of aliphatic imine (C=N–C) groups is 1. The van der Waals surface area contributed by atoms with Crippen molar-refractivity contribution in [2.24, 2.45) is 4.99 Å². The van der Waals surface area contributed by atoms with E-state index in [1.165, 1.54) is 10.6 Å². The maximum atomic E-state index is 12.3. The largest absolute Gasteiger partial charge is 0.378 e. The Morgan fingerprint density at radius 2 is 1.73 bits per heavy atom. The van der Waals surface area contributed by atoms with E-state index in [4.69, 9.17) is 4.74 Å². The van der Waals surface area contributed by atoms with Gasteiger partial charge in [-0.2, -0.15) is 4.31 Å². The first-order valence-corrected chi connectivity index (χ1v) is 12.4. The average Bonchev–Trinajstić information content (AvgIpc) is 2.53. The third-order valence-electron chi connectivity index (χ3n) is 3.91. The Balaban J connectivity index is 2.43. The third-order valence-corrected chi connectivity index (χ3v) is 6.78. The summed E-state index contributed by atoms with van der Waals surface area (Å²) < 4.78 is 53.8. The lowest BCUT2D eigenvalue weighted by Gasteiger charge is -2.35. The topological polar surface area (TPSA) is 108 Å². The van der Waals surface area contributed by atoms with Crippen LogP contribution in [0.2, 0.25) is 0 Å². The molecule has 0 saturated carbocycles. The van der Waals surface area contributed by atoms with Crippen molar-refractivity contribution < 1.29 is 21.6 Å². The maximum Gasteiger partial charge on any atom is 0.216 e. The van der Waals surface area contributed by atoms with Gasteiger partial charge in [0.25, 0.3) is 0 Å². The minimum atomic E-state index is -3.32. The highest BCUT2D eigenvalue weighted by atomic mass is 32.2. The Kier molecular flexibility index (Phi) is 9.28. The molecule has 0 radical (unpaired) electrons. The Bertz CT molecular complexity index is 654. The maximum absolute atomic E-state index is 12.3. The number of nitrogens with zero attached hydrogens (tertiary/aromatic N) is 3. The van der Waals surface area contributed by atoms with E-state index >= 15 is 0 Å². The summed E-state index contributed by atoms with van der Waals surface area (Å²) in [5.74, 6) is 0.782. The van der Waals surface area contributed by atoms with Gasteiger partial charge in [0.1, 0.15) is 9.84 Å². The van der Waals surface area contributed by atoms with Gasteiger partial charge in [0, 0.05) is 46.0 Å². The van der Waals surface area contributed by atoms with E-state index in [2.05, 4.69) is 10.3 Å². The van der Waals surface area contributed by atoms with Crippen LogP contribution < -0.4 is 5.32 Å². The number of hydrogen-bond donors (Lipinski definition) is 1. The van der Waals surface area contributed by atoms with E-state index in [0.717, 1.165) is 0 Å². The first-order chi connectivity index (χ1) is 12.0. The molecule has 0 bridgehead atoms. The summed E-state index contributed by atoms with van der Waals surface area (Å²) >= 11 is 0. The van der Waals surface area contributed by atoms with E-state index < -0.39 is 19.9 Å². The van der Waals surface area contributed by atoms with Crippen LogP contribution in [0.15, 0.2) is 4.99 Å². The van der Waals surface area contributed by atoms with Crippen LogP contribution in [0.4, 0.5) is 0 Å². The molecule has 1 N–H and O–H groups in total. The molecular formula is C15H32N4O5S2. The molecular weight excluding hydrogens is 380 g/mol. The molecule has 0 aromatic heterocycles. The highest BCUT2D eigenvalue weighted by Gasteiger charge is 2.27. The zero-order chi connectivity index (χ0) is 19.8. The van der Waals surface area contributed by atoms with Crippen molar-refractivity contribution in [2.75, 3.05) is 64.1 Å². The van der Waals surface area contributed by atoms with Crippen LogP contribution in [0, 0.1) is 0 Å². The average molecular weight is 413 g/mol. The second kappa shape index (κ2) is 10.4. The van der Waals surface area contributed by atoms with Gasteiger partial charge < -0.3 is 15.0 Å². The zero-order valence-corrected chi connectivity index (χ0v) is 17.8. The fraction of sp³-hybridized carbons (Fsp3) is 0.933. The minimum Gasteiger partial charge on any atom is -0.378 e. The Morgan fingerprint density at radius 1 is 1.12 bits per heavy atom. The second-order valence-electron chi connectivity index (χ2n) is 6.58. The number of sulfone groups is 1. The molecule has 0 spiro atoms. The number of guanidine groups is 1. The molecule has 0 unspecified atom stereocenters. The number of hydrogen-bond acceptors (Lipinski definition) is 6. The van der Waals surface area contributed by atoms with E-state index in [-0.39, 0.29) is 24.2 Å². The van der Waals surface area contributed by atoms with Crippen LogP contribution in [0.25, 0.3) is 0 Å². The van der Waals surface area contributed by atoms with Gasteiger partial charge in [-0.25, -0.2) is 16.8 Å². The molecule has 1 fully saturated rings. The summed E-state index contributed by atoms with van der Waals surface area (Å²) in [6.45, 7) is 6.32. The van der Waals surface area contributed by atoms with Crippen LogP contribution in [-0.4, -0.2) is 102 Å². The summed E-state index contributed by atoms with van der Waals surface area (Å²) in [6.07, 6.45) is 1.73. The molecule has 0 atom stereocenters. The predicted molar refractivity (Wildman–Crippen MR) is 104 cm³/mol. The summed E-state index contributed by atoms with van der Waals surface area (Å²) in [5, 5.41) is 3.14. The van der Waals surface area contributed by atoms with Crippen LogP contribution >= 0.6 is 0 Å². The monoisotopic (exact) mass is 412 g/mol. The molecule has 0 aliphatic carbocycles. The fourth-order valence-electron chi connectivity index (χ4n) is 2.56. The number of ether oxygens (including phenoxy) is 1. The lowest BCUT2D eigenvalue weighted by Crippen LogP contribution is -2.54. The van der Waals surface area contributed by atoms with Crippen LogP contribution in [-0.2, 0) is 24.6 Å². The molecule has 1 saturated heterocycles. The summed E-state index contributed by atoms with van der Waals surface area (Å²) in [7, 11) is -4.63. The third kappa shape index (κ3) is 8.65. The highest BCUT2D eigenvalue weighted by molar-refractivity contribution is 7.90. The smallest absolute Gasteiger partial charge is 0.216 e. The molecule has 11 heteroatoms. The number of nitrogens with one attached hydrogen (secondary N) is 1. The molecule has 9 nitrogen and oxygen atoms in total. The van der Waals surface area contributed by atoms with Crippen molar-refractivity contribution in [2.45, 2.75) is 26.4 Å². The van der Waals surface area contributed by atoms with Crippen molar-refractivity contribution >= 4 is 25.8 Å². The first-order valence-electron chi connectivity index (χ1n) is 8.78. The molecule has 0 aromatic rings. The second-order valence-corrected chi connectivity index (χ2v) is 10.9. The van der Waals surface area contributed by atoms with Gasteiger partial charge >= 0.3 is 0 Å². The Hall–Kier alpha value is -0.910. The predicted octanol–water partition coefficient (Wildman–Crippen LogP) is -0.631. The fourth-order valence-corrected chi connectivity index (χ4v) is 4.52.